The molecule has 0 saturated carbocycles. The zero-order chi connectivity index (χ0) is 17.1. The Hall–Kier alpha value is -2.60. The summed E-state index contributed by atoms with van der Waals surface area (Å²) in [5.41, 5.74) is 0.634. The quantitative estimate of drug-likeness (QED) is 0.632. The molecule has 1 heterocycles. The second kappa shape index (κ2) is 6.88. The van der Waals surface area contributed by atoms with Gasteiger partial charge in [-0.05, 0) is 48.5 Å². The van der Waals surface area contributed by atoms with E-state index in [4.69, 9.17) is 0 Å². The van der Waals surface area contributed by atoms with Gasteiger partial charge in [0, 0.05) is 21.8 Å². The van der Waals surface area contributed by atoms with Crippen LogP contribution in [0.15, 0.2) is 65.3 Å². The maximum Gasteiger partial charge on any atom is 0.194 e. The Morgan fingerprint density at radius 1 is 0.917 bits per heavy atom. The van der Waals surface area contributed by atoms with Crippen molar-refractivity contribution >= 4 is 33.2 Å². The fourth-order valence-electron chi connectivity index (χ4n) is 2.12. The minimum absolute atomic E-state index is 0.182. The molecule has 6 heteroatoms. The average molecular weight is 389 g/mol. The summed E-state index contributed by atoms with van der Waals surface area (Å²) in [5, 5.41) is 2.58. The van der Waals surface area contributed by atoms with Crippen LogP contribution in [-0.4, -0.2) is 10.8 Å². The molecule has 0 fully saturated rings. The highest BCUT2D eigenvalue weighted by atomic mass is 79.9. The number of nitrogens with zero attached hydrogens (tertiary/aromatic N) is 1. The molecule has 24 heavy (non-hydrogen) atoms. The van der Waals surface area contributed by atoms with E-state index in [1.165, 1.54) is 18.3 Å². The number of rotatable bonds is 4. The predicted molar refractivity (Wildman–Crippen MR) is 91.5 cm³/mol. The number of hydrogen-bond donors (Lipinski definition) is 1. The molecule has 0 spiro atoms. The number of pyridine rings is 1. The number of hydrogen-bond acceptors (Lipinski definition) is 3. The fraction of sp³-hybridized carbons (Fsp3) is 0. The lowest BCUT2D eigenvalue weighted by molar-refractivity contribution is 0.103. The molecule has 3 nitrogen and oxygen atoms in total. The van der Waals surface area contributed by atoms with Crippen LogP contribution >= 0.6 is 15.9 Å². The number of carbonyl (C=O) groups excluding carboxylic acids is 1. The van der Waals surface area contributed by atoms with Gasteiger partial charge in [0.25, 0.3) is 0 Å². The van der Waals surface area contributed by atoms with Crippen LogP contribution in [0.5, 0.6) is 0 Å². The van der Waals surface area contributed by atoms with E-state index in [9.17, 15) is 13.6 Å². The highest BCUT2D eigenvalue weighted by molar-refractivity contribution is 9.10. The fourth-order valence-corrected chi connectivity index (χ4v) is 2.38. The van der Waals surface area contributed by atoms with Gasteiger partial charge in [-0.3, -0.25) is 4.79 Å². The molecule has 0 aliphatic carbocycles. The first-order valence-corrected chi connectivity index (χ1v) is 7.81. The Morgan fingerprint density at radius 2 is 1.54 bits per heavy atom. The molecule has 0 radical (unpaired) electrons. The molecular formula is C18H11BrF2N2O. The third-order valence-electron chi connectivity index (χ3n) is 3.35. The molecular weight excluding hydrogens is 378 g/mol. The lowest BCUT2D eigenvalue weighted by atomic mass is 10.1. The maximum atomic E-state index is 13.6. The lowest BCUT2D eigenvalue weighted by Gasteiger charge is -2.08. The molecule has 1 N–H and O–H groups in total. The molecule has 1 aromatic heterocycles. The Kier molecular flexibility index (Phi) is 4.66. The lowest BCUT2D eigenvalue weighted by Crippen LogP contribution is -2.03. The van der Waals surface area contributed by atoms with E-state index in [0.29, 0.717) is 11.1 Å². The molecule has 3 aromatic rings. The zero-order valence-electron chi connectivity index (χ0n) is 12.3. The molecule has 0 aliphatic rings. The molecule has 0 saturated heterocycles. The van der Waals surface area contributed by atoms with Gasteiger partial charge >= 0.3 is 0 Å². The van der Waals surface area contributed by atoms with Crippen LogP contribution in [0.4, 0.5) is 20.3 Å². The Balaban J connectivity index is 1.80. The van der Waals surface area contributed by atoms with Crippen molar-refractivity contribution in [1.82, 2.24) is 4.98 Å². The third-order valence-corrected chi connectivity index (χ3v) is 3.88. The Morgan fingerprint density at radius 3 is 2.12 bits per heavy atom. The number of nitrogens with one attached hydrogen (secondary N) is 1. The summed E-state index contributed by atoms with van der Waals surface area (Å²) < 4.78 is 28.1. The van der Waals surface area contributed by atoms with E-state index in [1.54, 1.807) is 30.3 Å². The van der Waals surface area contributed by atoms with Crippen molar-refractivity contribution in [3.05, 3.63) is 88.0 Å². The molecule has 0 unspecified atom stereocenters. The number of aromatic nitrogens is 1. The van der Waals surface area contributed by atoms with Gasteiger partial charge in [0.2, 0.25) is 0 Å². The summed E-state index contributed by atoms with van der Waals surface area (Å²) in [6.07, 6.45) is 1.37. The van der Waals surface area contributed by atoms with Gasteiger partial charge in [0.05, 0.1) is 0 Å². The van der Waals surface area contributed by atoms with Crippen molar-refractivity contribution in [2.24, 2.45) is 0 Å². The standard InChI is InChI=1S/C18H11BrF2N2O/c19-13-7-4-11(5-8-13)18(24)12-6-9-16(22-10-12)23-17-14(20)2-1-3-15(17)21/h1-10H,(H,22,23). The minimum Gasteiger partial charge on any atom is -0.335 e. The van der Waals surface area contributed by atoms with Gasteiger partial charge in [-0.2, -0.15) is 0 Å². The Labute approximate surface area is 145 Å². The maximum absolute atomic E-state index is 13.6. The second-order valence-corrected chi connectivity index (χ2v) is 5.91. The van der Waals surface area contributed by atoms with Gasteiger partial charge in [-0.1, -0.05) is 22.0 Å². The normalized spacial score (nSPS) is 10.5. The van der Waals surface area contributed by atoms with Crippen LogP contribution in [-0.2, 0) is 0 Å². The van der Waals surface area contributed by atoms with Gasteiger partial charge in [0.15, 0.2) is 5.78 Å². The van der Waals surface area contributed by atoms with Gasteiger partial charge < -0.3 is 5.32 Å². The number of para-hydroxylation sites is 1. The Bertz CT molecular complexity index is 860. The van der Waals surface area contributed by atoms with E-state index in [0.717, 1.165) is 16.6 Å². The second-order valence-electron chi connectivity index (χ2n) is 4.99. The zero-order valence-corrected chi connectivity index (χ0v) is 13.8. The van der Waals surface area contributed by atoms with E-state index in [-0.39, 0.29) is 17.3 Å². The van der Waals surface area contributed by atoms with Gasteiger partial charge in [-0.25, -0.2) is 13.8 Å². The highest BCUT2D eigenvalue weighted by Gasteiger charge is 2.11. The molecule has 0 bridgehead atoms. The molecule has 2 aromatic carbocycles. The van der Waals surface area contributed by atoms with Crippen LogP contribution in [0.2, 0.25) is 0 Å². The predicted octanol–water partition coefficient (Wildman–Crippen LogP) is 5.10. The van der Waals surface area contributed by atoms with E-state index < -0.39 is 11.6 Å². The summed E-state index contributed by atoms with van der Waals surface area (Å²) in [5.74, 6) is -1.37. The summed E-state index contributed by atoms with van der Waals surface area (Å²) in [7, 11) is 0. The molecule has 120 valence electrons. The summed E-state index contributed by atoms with van der Waals surface area (Å²) in [6, 6.07) is 13.6. The first-order chi connectivity index (χ1) is 11.5. The molecule has 0 atom stereocenters. The first kappa shape index (κ1) is 16.3. The van der Waals surface area contributed by atoms with Crippen molar-refractivity contribution in [3.8, 4) is 0 Å². The van der Waals surface area contributed by atoms with Crippen LogP contribution in [0.3, 0.4) is 0 Å². The van der Waals surface area contributed by atoms with E-state index >= 15 is 0 Å². The topological polar surface area (TPSA) is 42.0 Å². The minimum atomic E-state index is -0.716. The van der Waals surface area contributed by atoms with Crippen LogP contribution in [0.1, 0.15) is 15.9 Å². The van der Waals surface area contributed by atoms with Crippen molar-refractivity contribution in [2.45, 2.75) is 0 Å². The van der Waals surface area contributed by atoms with Crippen LogP contribution in [0.25, 0.3) is 0 Å². The summed E-state index contributed by atoms with van der Waals surface area (Å²) in [6.45, 7) is 0. The van der Waals surface area contributed by atoms with Crippen molar-refractivity contribution in [1.29, 1.82) is 0 Å². The smallest absolute Gasteiger partial charge is 0.194 e. The first-order valence-electron chi connectivity index (χ1n) is 7.02. The summed E-state index contributed by atoms with van der Waals surface area (Å²) in [4.78, 5) is 16.4. The molecule has 3 rings (SSSR count). The number of benzene rings is 2. The van der Waals surface area contributed by atoms with Crippen LogP contribution in [0, 0.1) is 11.6 Å². The third kappa shape index (κ3) is 3.49. The van der Waals surface area contributed by atoms with E-state index in [2.05, 4.69) is 26.2 Å². The number of halogens is 3. The SMILES string of the molecule is O=C(c1ccc(Br)cc1)c1ccc(Nc2c(F)cccc2F)nc1. The van der Waals surface area contributed by atoms with Crippen molar-refractivity contribution < 1.29 is 13.6 Å². The van der Waals surface area contributed by atoms with Crippen LogP contribution < -0.4 is 5.32 Å². The number of anilines is 2. The van der Waals surface area contributed by atoms with Crippen molar-refractivity contribution in [3.63, 3.8) is 0 Å². The van der Waals surface area contributed by atoms with Gasteiger partial charge in [-0.15, -0.1) is 0 Å². The summed E-state index contributed by atoms with van der Waals surface area (Å²) >= 11 is 3.31. The largest absolute Gasteiger partial charge is 0.335 e. The van der Waals surface area contributed by atoms with Gasteiger partial charge in [0.1, 0.15) is 23.1 Å². The van der Waals surface area contributed by atoms with E-state index in [1.807, 2.05) is 0 Å². The number of ketones is 1. The van der Waals surface area contributed by atoms with Crippen molar-refractivity contribution in [2.75, 3.05) is 5.32 Å². The monoisotopic (exact) mass is 388 g/mol. The molecule has 0 aliphatic heterocycles. The average Bonchev–Trinajstić information content (AvgIpc) is 2.59. The molecule has 0 amide bonds. The number of carbonyl (C=O) groups is 1. The highest BCUT2D eigenvalue weighted by Crippen LogP contribution is 2.22.